The van der Waals surface area contributed by atoms with Gasteiger partial charge in [-0.25, -0.2) is 0 Å². The number of piperidine rings is 1. The molecule has 38 heavy (non-hydrogen) atoms. The molecule has 0 aliphatic carbocycles. The van der Waals surface area contributed by atoms with Gasteiger partial charge in [0.15, 0.2) is 0 Å². The van der Waals surface area contributed by atoms with E-state index in [0.29, 0.717) is 31.2 Å². The van der Waals surface area contributed by atoms with E-state index in [2.05, 4.69) is 14.6 Å². The molecule has 0 N–H and O–H groups in total. The summed E-state index contributed by atoms with van der Waals surface area (Å²) in [6, 6.07) is 14.3. The fourth-order valence-electron chi connectivity index (χ4n) is 4.84. The van der Waals surface area contributed by atoms with Crippen LogP contribution in [-0.4, -0.2) is 51.5 Å². The van der Waals surface area contributed by atoms with Gasteiger partial charge in [0.2, 0.25) is 0 Å². The molecule has 1 fully saturated rings. The minimum Gasteiger partial charge on any atom is -0.490 e. The van der Waals surface area contributed by atoms with Crippen LogP contribution in [-0.2, 0) is 13.1 Å². The molecule has 1 atom stereocenters. The molecule has 0 saturated carbocycles. The zero-order valence-corrected chi connectivity index (χ0v) is 20.5. The SMILES string of the molecule is O=[N+]([O-])c1cn2c(n1)O[C@@H](COc1ccc(CN3CCC(c4ccc(OC(F)(F)F)cc4)CC3)cc1)CC2. The molecule has 5 rings (SSSR count). The van der Waals surface area contributed by atoms with Crippen LogP contribution in [0.2, 0.25) is 0 Å². The average Bonchev–Trinajstić information content (AvgIpc) is 3.32. The van der Waals surface area contributed by atoms with Crippen molar-refractivity contribution in [3.8, 4) is 17.5 Å². The molecule has 2 aromatic carbocycles. The molecular formula is C26H27F3N4O5. The van der Waals surface area contributed by atoms with Crippen molar-refractivity contribution < 1.29 is 32.3 Å². The predicted octanol–water partition coefficient (Wildman–Crippen LogP) is 5.30. The van der Waals surface area contributed by atoms with E-state index in [4.69, 9.17) is 9.47 Å². The van der Waals surface area contributed by atoms with Crippen molar-refractivity contribution in [2.45, 2.75) is 50.7 Å². The van der Waals surface area contributed by atoms with E-state index in [1.54, 1.807) is 16.7 Å². The first-order valence-electron chi connectivity index (χ1n) is 12.4. The third-order valence-electron chi connectivity index (χ3n) is 6.82. The van der Waals surface area contributed by atoms with Gasteiger partial charge in [-0.1, -0.05) is 24.3 Å². The molecule has 0 radical (unpaired) electrons. The Morgan fingerprint density at radius 3 is 2.34 bits per heavy atom. The molecule has 3 aromatic rings. The van der Waals surface area contributed by atoms with Crippen molar-refractivity contribution in [2.24, 2.45) is 0 Å². The normalized spacial score (nSPS) is 18.4. The number of alkyl halides is 3. The van der Waals surface area contributed by atoms with Gasteiger partial charge >= 0.3 is 18.2 Å². The molecule has 202 valence electrons. The van der Waals surface area contributed by atoms with Gasteiger partial charge in [0.05, 0.1) is 0 Å². The highest BCUT2D eigenvalue weighted by Gasteiger charge is 2.31. The summed E-state index contributed by atoms with van der Waals surface area (Å²) in [5.74, 6) is 0.605. The number of benzene rings is 2. The maximum atomic E-state index is 12.4. The van der Waals surface area contributed by atoms with Crippen LogP contribution in [0, 0.1) is 10.1 Å². The fraction of sp³-hybridized carbons (Fsp3) is 0.423. The summed E-state index contributed by atoms with van der Waals surface area (Å²) in [7, 11) is 0. The summed E-state index contributed by atoms with van der Waals surface area (Å²) in [5, 5.41) is 10.9. The highest BCUT2D eigenvalue weighted by molar-refractivity contribution is 5.30. The van der Waals surface area contributed by atoms with Crippen molar-refractivity contribution in [1.82, 2.24) is 14.5 Å². The number of hydrogen-bond donors (Lipinski definition) is 0. The van der Waals surface area contributed by atoms with E-state index in [1.165, 1.54) is 18.3 Å². The van der Waals surface area contributed by atoms with Crippen molar-refractivity contribution >= 4 is 5.82 Å². The lowest BCUT2D eigenvalue weighted by Crippen LogP contribution is -2.32. The third-order valence-corrected chi connectivity index (χ3v) is 6.82. The lowest BCUT2D eigenvalue weighted by molar-refractivity contribution is -0.389. The largest absolute Gasteiger partial charge is 0.573 e. The van der Waals surface area contributed by atoms with Crippen LogP contribution in [0.15, 0.2) is 54.7 Å². The standard InChI is InChI=1S/C26H27F3N4O5/c27-26(28,29)38-22-7-3-19(4-8-22)20-9-12-31(13-10-20)15-18-1-5-21(6-2-18)36-17-23-11-14-32-16-24(33(34)35)30-25(32)37-23/h1-8,16,20,23H,9-15,17H2/t23-/m1/s1. The molecule has 0 unspecified atom stereocenters. The number of aryl methyl sites for hydroxylation is 1. The Morgan fingerprint density at radius 2 is 1.68 bits per heavy atom. The van der Waals surface area contributed by atoms with Crippen LogP contribution < -0.4 is 14.2 Å². The van der Waals surface area contributed by atoms with Crippen LogP contribution in [0.5, 0.6) is 17.5 Å². The Morgan fingerprint density at radius 1 is 1.00 bits per heavy atom. The van der Waals surface area contributed by atoms with Gasteiger partial charge in [-0.15, -0.1) is 13.2 Å². The number of nitrogens with zero attached hydrogens (tertiary/aromatic N) is 4. The minimum absolute atomic E-state index is 0.198. The summed E-state index contributed by atoms with van der Waals surface area (Å²) in [6.45, 7) is 3.50. The summed E-state index contributed by atoms with van der Waals surface area (Å²) in [4.78, 5) is 16.6. The van der Waals surface area contributed by atoms with E-state index in [0.717, 1.165) is 43.6 Å². The zero-order valence-electron chi connectivity index (χ0n) is 20.5. The van der Waals surface area contributed by atoms with Crippen LogP contribution in [0.25, 0.3) is 0 Å². The Labute approximate surface area is 216 Å². The van der Waals surface area contributed by atoms with Crippen molar-refractivity contribution in [1.29, 1.82) is 0 Å². The van der Waals surface area contributed by atoms with E-state index in [9.17, 15) is 23.3 Å². The van der Waals surface area contributed by atoms with Crippen LogP contribution in [0.1, 0.15) is 36.3 Å². The first kappa shape index (κ1) is 25.8. The lowest BCUT2D eigenvalue weighted by Gasteiger charge is -2.32. The highest BCUT2D eigenvalue weighted by atomic mass is 19.4. The maximum absolute atomic E-state index is 12.4. The summed E-state index contributed by atoms with van der Waals surface area (Å²) in [6.07, 6.45) is -1.01. The van der Waals surface area contributed by atoms with Gasteiger partial charge in [0.25, 0.3) is 0 Å². The molecule has 1 aromatic heterocycles. The first-order valence-corrected chi connectivity index (χ1v) is 12.4. The van der Waals surface area contributed by atoms with Crippen LogP contribution in [0.4, 0.5) is 19.0 Å². The smallest absolute Gasteiger partial charge is 0.490 e. The second-order valence-corrected chi connectivity index (χ2v) is 9.48. The van der Waals surface area contributed by atoms with E-state index in [1.807, 2.05) is 24.3 Å². The van der Waals surface area contributed by atoms with Gasteiger partial charge in [0.1, 0.15) is 30.4 Å². The molecule has 2 aliphatic heterocycles. The number of nitro groups is 1. The zero-order chi connectivity index (χ0) is 26.7. The second-order valence-electron chi connectivity index (χ2n) is 9.48. The molecule has 9 nitrogen and oxygen atoms in total. The maximum Gasteiger partial charge on any atom is 0.573 e. The molecular weight excluding hydrogens is 505 g/mol. The van der Waals surface area contributed by atoms with Crippen LogP contribution in [0.3, 0.4) is 0 Å². The quantitative estimate of drug-likeness (QED) is 0.287. The number of fused-ring (bicyclic) bond motifs is 1. The van der Waals surface area contributed by atoms with E-state index < -0.39 is 11.3 Å². The molecule has 12 heteroatoms. The summed E-state index contributed by atoms with van der Waals surface area (Å²) >= 11 is 0. The van der Waals surface area contributed by atoms with Gasteiger partial charge in [-0.3, -0.25) is 9.47 Å². The van der Waals surface area contributed by atoms with E-state index >= 15 is 0 Å². The molecule has 0 amide bonds. The average molecular weight is 533 g/mol. The molecule has 0 spiro atoms. The van der Waals surface area contributed by atoms with Gasteiger partial charge in [-0.05, 0) is 72.2 Å². The third kappa shape index (κ3) is 6.55. The molecule has 1 saturated heterocycles. The molecule has 2 aliphatic rings. The number of halogens is 3. The van der Waals surface area contributed by atoms with Gasteiger partial charge in [0, 0.05) is 24.5 Å². The Bertz CT molecular complexity index is 1240. The van der Waals surface area contributed by atoms with Gasteiger partial charge in [-0.2, -0.15) is 0 Å². The summed E-state index contributed by atoms with van der Waals surface area (Å²) < 4.78 is 54.3. The second kappa shape index (κ2) is 10.9. The first-order chi connectivity index (χ1) is 18.2. The highest BCUT2D eigenvalue weighted by Crippen LogP contribution is 2.31. The Kier molecular flexibility index (Phi) is 7.41. The number of likely N-dealkylation sites (tertiary alicyclic amines) is 1. The lowest BCUT2D eigenvalue weighted by atomic mass is 9.89. The Balaban J connectivity index is 1.05. The predicted molar refractivity (Wildman–Crippen MR) is 130 cm³/mol. The van der Waals surface area contributed by atoms with Crippen molar-refractivity contribution in [3.05, 3.63) is 76.0 Å². The Hall–Kier alpha value is -3.80. The summed E-state index contributed by atoms with van der Waals surface area (Å²) in [5.41, 5.74) is 2.19. The van der Waals surface area contributed by atoms with Crippen LogP contribution >= 0.6 is 0 Å². The fourth-order valence-corrected chi connectivity index (χ4v) is 4.84. The minimum atomic E-state index is -4.68. The number of ether oxygens (including phenoxy) is 3. The van der Waals surface area contributed by atoms with Gasteiger partial charge < -0.3 is 24.3 Å². The number of aromatic nitrogens is 2. The van der Waals surface area contributed by atoms with E-state index in [-0.39, 0.29) is 23.7 Å². The number of rotatable bonds is 8. The van der Waals surface area contributed by atoms with Crippen molar-refractivity contribution in [2.75, 3.05) is 19.7 Å². The van der Waals surface area contributed by atoms with Crippen molar-refractivity contribution in [3.63, 3.8) is 0 Å². The monoisotopic (exact) mass is 532 g/mol. The number of hydrogen-bond acceptors (Lipinski definition) is 7. The molecule has 0 bridgehead atoms. The topological polar surface area (TPSA) is 91.9 Å². The molecule has 3 heterocycles. The number of imidazole rings is 1.